The number of phenols is 1. The molecule has 0 aliphatic carbocycles. The van der Waals surface area contributed by atoms with Crippen molar-refractivity contribution in [2.75, 3.05) is 15.6 Å². The average molecular weight is 401 g/mol. The molecule has 0 bridgehead atoms. The van der Waals surface area contributed by atoms with Crippen LogP contribution in [0.25, 0.3) is 0 Å². The van der Waals surface area contributed by atoms with E-state index in [0.29, 0.717) is 10.4 Å². The van der Waals surface area contributed by atoms with Gasteiger partial charge in [0.15, 0.2) is 5.82 Å². The van der Waals surface area contributed by atoms with Crippen molar-refractivity contribution in [3.8, 4) is 5.75 Å². The third-order valence-electron chi connectivity index (χ3n) is 3.42. The van der Waals surface area contributed by atoms with E-state index in [1.165, 1.54) is 24.3 Å². The van der Waals surface area contributed by atoms with Crippen LogP contribution >= 0.6 is 0 Å². The molecule has 9 nitrogen and oxygen atoms in total. The van der Waals surface area contributed by atoms with Gasteiger partial charge in [0, 0.05) is 12.1 Å². The summed E-state index contributed by atoms with van der Waals surface area (Å²) >= 11 is 0. The topological polar surface area (TPSA) is 133 Å². The zero-order valence-corrected chi connectivity index (χ0v) is 14.5. The van der Waals surface area contributed by atoms with Crippen molar-refractivity contribution in [1.29, 1.82) is 0 Å². The third kappa shape index (κ3) is 3.28. The van der Waals surface area contributed by atoms with Gasteiger partial charge in [0.25, 0.3) is 15.9 Å². The molecule has 0 saturated carbocycles. The Kier molecular flexibility index (Phi) is 4.24. The molecule has 1 fully saturated rings. The van der Waals surface area contributed by atoms with Crippen LogP contribution in [0, 0.1) is 5.82 Å². The molecule has 0 unspecified atom stereocenters. The van der Waals surface area contributed by atoms with Gasteiger partial charge in [0.05, 0.1) is 10.6 Å². The predicted molar refractivity (Wildman–Crippen MR) is 89.7 cm³/mol. The largest absolute Gasteiger partial charge is 0.506 e. The van der Waals surface area contributed by atoms with Crippen molar-refractivity contribution >= 4 is 37.5 Å². The Hall–Kier alpha value is -2.86. The number of phenolic OH excluding ortho intramolecular Hbond substituents is 1. The van der Waals surface area contributed by atoms with E-state index in [4.69, 9.17) is 0 Å². The highest BCUT2D eigenvalue weighted by Gasteiger charge is 2.37. The zero-order chi connectivity index (χ0) is 19.1. The van der Waals surface area contributed by atoms with Crippen LogP contribution in [0.2, 0.25) is 0 Å². The molecular formula is C14H12FN3O6S2. The van der Waals surface area contributed by atoms with E-state index < -0.39 is 49.9 Å². The quantitative estimate of drug-likeness (QED) is 0.684. The molecule has 26 heavy (non-hydrogen) atoms. The van der Waals surface area contributed by atoms with Gasteiger partial charge in [0.1, 0.15) is 18.0 Å². The monoisotopic (exact) mass is 401 g/mol. The first-order valence-electron chi connectivity index (χ1n) is 7.04. The van der Waals surface area contributed by atoms with Crippen LogP contribution < -0.4 is 13.7 Å². The van der Waals surface area contributed by atoms with E-state index in [-0.39, 0.29) is 10.6 Å². The van der Waals surface area contributed by atoms with Crippen LogP contribution in [-0.2, 0) is 25.0 Å². The maximum Gasteiger partial charge on any atom is 0.326 e. The molecule has 1 saturated heterocycles. The lowest BCUT2D eigenvalue weighted by Gasteiger charge is -2.18. The molecule has 2 aromatic carbocycles. The number of carbonyl (C=O) groups excluding carboxylic acids is 1. The van der Waals surface area contributed by atoms with Crippen LogP contribution in [0.15, 0.2) is 47.4 Å². The lowest BCUT2D eigenvalue weighted by atomic mass is 10.2. The normalized spacial score (nSPS) is 16.3. The summed E-state index contributed by atoms with van der Waals surface area (Å²) in [6.07, 6.45) is 0. The minimum atomic E-state index is -4.33. The van der Waals surface area contributed by atoms with E-state index in [1.54, 1.807) is 10.8 Å². The van der Waals surface area contributed by atoms with Gasteiger partial charge in [-0.25, -0.2) is 21.8 Å². The molecule has 0 radical (unpaired) electrons. The van der Waals surface area contributed by atoms with E-state index in [2.05, 4.69) is 4.72 Å². The fourth-order valence-corrected chi connectivity index (χ4v) is 4.58. The second kappa shape index (κ2) is 6.14. The highest BCUT2D eigenvalue weighted by molar-refractivity contribution is 7.92. The Balaban J connectivity index is 1.97. The second-order valence-electron chi connectivity index (χ2n) is 5.28. The third-order valence-corrected chi connectivity index (χ3v) is 6.19. The fraction of sp³-hybridized carbons (Fsp3) is 0.0714. The summed E-state index contributed by atoms with van der Waals surface area (Å²) < 4.78 is 66.5. The maximum atomic E-state index is 14.4. The van der Waals surface area contributed by atoms with Gasteiger partial charge in [-0.15, -0.1) is 0 Å². The first-order valence-corrected chi connectivity index (χ1v) is 9.96. The van der Waals surface area contributed by atoms with Gasteiger partial charge in [-0.2, -0.15) is 8.42 Å². The number of carbonyl (C=O) groups is 1. The van der Waals surface area contributed by atoms with E-state index in [9.17, 15) is 31.1 Å². The van der Waals surface area contributed by atoms with Crippen LogP contribution in [0.1, 0.15) is 0 Å². The molecular weight excluding hydrogens is 389 g/mol. The molecule has 2 aromatic rings. The molecule has 0 spiro atoms. The number of anilines is 2. The van der Waals surface area contributed by atoms with Crippen molar-refractivity contribution < 1.29 is 31.1 Å². The number of nitrogens with zero attached hydrogens (tertiary/aromatic N) is 1. The van der Waals surface area contributed by atoms with Crippen LogP contribution in [0.3, 0.4) is 0 Å². The number of sulfonamides is 1. The molecule has 1 aliphatic rings. The molecule has 1 heterocycles. The van der Waals surface area contributed by atoms with Crippen molar-refractivity contribution in [3.63, 3.8) is 0 Å². The summed E-state index contributed by atoms with van der Waals surface area (Å²) in [5.74, 6) is -2.97. The molecule has 0 atom stereocenters. The minimum absolute atomic E-state index is 0.0825. The summed E-state index contributed by atoms with van der Waals surface area (Å²) in [6.45, 7) is -0.706. The minimum Gasteiger partial charge on any atom is -0.506 e. The first kappa shape index (κ1) is 17.9. The lowest BCUT2D eigenvalue weighted by molar-refractivity contribution is -0.117. The number of aromatic hydroxyl groups is 1. The number of hydrogen-bond acceptors (Lipinski definition) is 6. The Morgan fingerprint density at radius 2 is 1.85 bits per heavy atom. The second-order valence-corrected chi connectivity index (χ2v) is 8.56. The van der Waals surface area contributed by atoms with Gasteiger partial charge in [-0.3, -0.25) is 9.52 Å². The van der Waals surface area contributed by atoms with E-state index in [1.807, 2.05) is 0 Å². The average Bonchev–Trinajstić information content (AvgIpc) is 2.79. The summed E-state index contributed by atoms with van der Waals surface area (Å²) in [4.78, 5) is 11.2. The van der Waals surface area contributed by atoms with Crippen LogP contribution in [0.5, 0.6) is 5.75 Å². The van der Waals surface area contributed by atoms with Gasteiger partial charge < -0.3 is 5.11 Å². The van der Waals surface area contributed by atoms with Crippen molar-refractivity contribution in [2.45, 2.75) is 4.90 Å². The summed E-state index contributed by atoms with van der Waals surface area (Å²) in [7, 11) is -8.37. The van der Waals surface area contributed by atoms with Gasteiger partial charge in [-0.05, 0) is 12.1 Å². The van der Waals surface area contributed by atoms with Crippen LogP contribution in [0.4, 0.5) is 15.8 Å². The molecule has 3 N–H and O–H groups in total. The zero-order valence-electron chi connectivity index (χ0n) is 12.9. The molecule has 12 heteroatoms. The smallest absolute Gasteiger partial charge is 0.326 e. The lowest BCUT2D eigenvalue weighted by Crippen LogP contribution is -2.30. The predicted octanol–water partition coefficient (Wildman–Crippen LogP) is 0.513. The number of halogens is 1. The fourth-order valence-electron chi connectivity index (χ4n) is 2.35. The first-order chi connectivity index (χ1) is 12.1. The molecule has 138 valence electrons. The molecule has 1 amide bonds. The van der Waals surface area contributed by atoms with Crippen molar-refractivity contribution in [2.24, 2.45) is 0 Å². The Bertz CT molecular complexity index is 1060. The van der Waals surface area contributed by atoms with Crippen LogP contribution in [-0.4, -0.2) is 34.4 Å². The number of amides is 1. The molecule has 0 aromatic heterocycles. The van der Waals surface area contributed by atoms with Crippen molar-refractivity contribution in [1.82, 2.24) is 4.72 Å². The van der Waals surface area contributed by atoms with E-state index in [0.717, 1.165) is 6.07 Å². The summed E-state index contributed by atoms with van der Waals surface area (Å²) in [5, 5.41) is 10.00. The highest BCUT2D eigenvalue weighted by atomic mass is 32.2. The number of nitrogens with one attached hydrogen (secondary N) is 2. The number of rotatable bonds is 4. The molecule has 3 rings (SSSR count). The Morgan fingerprint density at radius 3 is 2.38 bits per heavy atom. The molecule has 1 aliphatic heterocycles. The standard InChI is InChI=1S/C14H12FN3O6S2/c15-11-6-9(16-25(21,22)10-4-2-1-3-5-10)7-12(19)14(11)18-8-13(20)17-26(18,23)24/h1-7,16,19H,8H2,(H,17,20). The van der Waals surface area contributed by atoms with Gasteiger partial charge >= 0.3 is 10.2 Å². The number of hydrogen-bond donors (Lipinski definition) is 3. The van der Waals surface area contributed by atoms with Crippen molar-refractivity contribution in [3.05, 3.63) is 48.3 Å². The van der Waals surface area contributed by atoms with Gasteiger partial charge in [-0.1, -0.05) is 18.2 Å². The summed E-state index contributed by atoms with van der Waals surface area (Å²) in [6, 6.07) is 8.80. The van der Waals surface area contributed by atoms with Gasteiger partial charge in [0.2, 0.25) is 0 Å². The Labute approximate surface area is 148 Å². The SMILES string of the molecule is O=C1CN(c2c(O)cc(NS(=O)(=O)c3ccccc3)cc2F)S(=O)(=O)N1. The maximum absolute atomic E-state index is 14.4. The Morgan fingerprint density at radius 1 is 1.19 bits per heavy atom. The number of benzene rings is 2. The highest BCUT2D eigenvalue weighted by Crippen LogP contribution is 2.36. The summed E-state index contributed by atoms with van der Waals surface area (Å²) in [5.41, 5.74) is -1.07. The van der Waals surface area contributed by atoms with E-state index >= 15 is 0 Å².